The standard InChI is InChI=1S/C14H11Cl2N3O2/c15-9-5-11(18-13(9)16)14(21)19-6-8-3-1-2-4-10(8)17-12(20)7-19/h1-5,18H,6-7H2,(H,17,20). The normalized spacial score (nSPS) is 14.4. The van der Waals surface area contributed by atoms with Crippen LogP contribution in [0.25, 0.3) is 0 Å². The van der Waals surface area contributed by atoms with Gasteiger partial charge in [-0.05, 0) is 17.7 Å². The quantitative estimate of drug-likeness (QED) is 0.847. The molecule has 1 aliphatic heterocycles. The number of hydrogen-bond acceptors (Lipinski definition) is 2. The number of para-hydroxylation sites is 1. The van der Waals surface area contributed by atoms with Crippen molar-refractivity contribution in [3.05, 3.63) is 51.8 Å². The second-order valence-corrected chi connectivity index (χ2v) is 5.50. The summed E-state index contributed by atoms with van der Waals surface area (Å²) in [4.78, 5) is 28.5. The van der Waals surface area contributed by atoms with Crippen molar-refractivity contribution in [3.8, 4) is 0 Å². The van der Waals surface area contributed by atoms with E-state index in [1.807, 2.05) is 24.3 Å². The molecule has 1 aliphatic rings. The molecule has 2 heterocycles. The number of aromatic nitrogens is 1. The second kappa shape index (κ2) is 5.42. The molecule has 0 fully saturated rings. The molecular weight excluding hydrogens is 313 g/mol. The van der Waals surface area contributed by atoms with Crippen LogP contribution in [-0.2, 0) is 11.3 Å². The molecule has 1 aromatic carbocycles. The fraction of sp³-hybridized carbons (Fsp3) is 0.143. The van der Waals surface area contributed by atoms with Crippen molar-refractivity contribution in [2.75, 3.05) is 11.9 Å². The van der Waals surface area contributed by atoms with Gasteiger partial charge in [-0.1, -0.05) is 41.4 Å². The Kier molecular flexibility index (Phi) is 3.61. The topological polar surface area (TPSA) is 65.2 Å². The van der Waals surface area contributed by atoms with E-state index in [-0.39, 0.29) is 34.2 Å². The minimum atomic E-state index is -0.323. The predicted molar refractivity (Wildman–Crippen MR) is 80.6 cm³/mol. The van der Waals surface area contributed by atoms with Gasteiger partial charge in [-0.25, -0.2) is 0 Å². The molecule has 0 unspecified atom stereocenters. The first kappa shape index (κ1) is 14.0. The number of benzene rings is 1. The number of nitrogens with one attached hydrogen (secondary N) is 2. The Morgan fingerprint density at radius 3 is 2.67 bits per heavy atom. The van der Waals surface area contributed by atoms with Crippen molar-refractivity contribution < 1.29 is 9.59 Å². The summed E-state index contributed by atoms with van der Waals surface area (Å²) < 4.78 is 0. The largest absolute Gasteiger partial charge is 0.340 e. The molecule has 1 aromatic heterocycles. The first-order valence-corrected chi connectivity index (χ1v) is 7.01. The molecule has 0 radical (unpaired) electrons. The molecule has 108 valence electrons. The van der Waals surface area contributed by atoms with Gasteiger partial charge in [-0.3, -0.25) is 9.59 Å². The number of halogens is 2. The van der Waals surface area contributed by atoms with Gasteiger partial charge in [0.1, 0.15) is 17.4 Å². The lowest BCUT2D eigenvalue weighted by molar-refractivity contribution is -0.116. The van der Waals surface area contributed by atoms with Crippen molar-refractivity contribution in [1.29, 1.82) is 0 Å². The van der Waals surface area contributed by atoms with Crippen LogP contribution in [-0.4, -0.2) is 28.2 Å². The SMILES string of the molecule is O=C1CN(C(=O)c2cc(Cl)c(Cl)[nH]2)Cc2ccccc2N1. The average Bonchev–Trinajstić information content (AvgIpc) is 2.69. The van der Waals surface area contributed by atoms with Crippen LogP contribution < -0.4 is 5.32 Å². The molecule has 5 nitrogen and oxygen atoms in total. The van der Waals surface area contributed by atoms with Gasteiger partial charge in [0, 0.05) is 12.2 Å². The number of amides is 2. The Morgan fingerprint density at radius 1 is 1.19 bits per heavy atom. The minimum Gasteiger partial charge on any atom is -0.340 e. The molecule has 2 amide bonds. The van der Waals surface area contributed by atoms with Crippen LogP contribution in [0, 0.1) is 0 Å². The summed E-state index contributed by atoms with van der Waals surface area (Å²) in [6.45, 7) is 0.309. The molecular formula is C14H11Cl2N3O2. The van der Waals surface area contributed by atoms with E-state index in [1.54, 1.807) is 0 Å². The van der Waals surface area contributed by atoms with E-state index in [0.717, 1.165) is 11.3 Å². The van der Waals surface area contributed by atoms with E-state index in [9.17, 15) is 9.59 Å². The smallest absolute Gasteiger partial charge is 0.271 e. The molecule has 2 N–H and O–H groups in total. The van der Waals surface area contributed by atoms with Crippen LogP contribution in [0.4, 0.5) is 5.69 Å². The second-order valence-electron chi connectivity index (χ2n) is 4.71. The van der Waals surface area contributed by atoms with Crippen LogP contribution in [0.5, 0.6) is 0 Å². The zero-order valence-corrected chi connectivity index (χ0v) is 12.3. The summed E-state index contributed by atoms with van der Waals surface area (Å²) in [5.41, 5.74) is 1.86. The maximum absolute atomic E-state index is 12.5. The number of carbonyl (C=O) groups excluding carboxylic acids is 2. The van der Waals surface area contributed by atoms with Crippen LogP contribution in [0.2, 0.25) is 10.2 Å². The molecule has 0 atom stereocenters. The highest BCUT2D eigenvalue weighted by molar-refractivity contribution is 6.41. The third-order valence-corrected chi connectivity index (χ3v) is 3.92. The van der Waals surface area contributed by atoms with E-state index in [0.29, 0.717) is 6.54 Å². The number of anilines is 1. The number of hydrogen-bond donors (Lipinski definition) is 2. The number of H-pyrrole nitrogens is 1. The Hall–Kier alpha value is -1.98. The number of fused-ring (bicyclic) bond motifs is 1. The molecule has 7 heteroatoms. The summed E-state index contributed by atoms with van der Waals surface area (Å²) in [5.74, 6) is -0.562. The van der Waals surface area contributed by atoms with Gasteiger partial charge in [-0.15, -0.1) is 0 Å². The highest BCUT2D eigenvalue weighted by Crippen LogP contribution is 2.25. The lowest BCUT2D eigenvalue weighted by Crippen LogP contribution is -2.35. The van der Waals surface area contributed by atoms with Gasteiger partial charge in [0.25, 0.3) is 5.91 Å². The van der Waals surface area contributed by atoms with Crippen LogP contribution in [0.1, 0.15) is 16.1 Å². The van der Waals surface area contributed by atoms with Crippen molar-refractivity contribution in [2.24, 2.45) is 0 Å². The van der Waals surface area contributed by atoms with Crippen molar-refractivity contribution >= 4 is 40.7 Å². The van der Waals surface area contributed by atoms with Gasteiger partial charge >= 0.3 is 0 Å². The van der Waals surface area contributed by atoms with Gasteiger partial charge in [-0.2, -0.15) is 0 Å². The molecule has 0 bridgehead atoms. The fourth-order valence-corrected chi connectivity index (χ4v) is 2.55. The van der Waals surface area contributed by atoms with E-state index in [1.165, 1.54) is 11.0 Å². The molecule has 0 spiro atoms. The third kappa shape index (κ3) is 2.75. The van der Waals surface area contributed by atoms with Crippen molar-refractivity contribution in [2.45, 2.75) is 6.54 Å². The Balaban J connectivity index is 1.91. The maximum Gasteiger partial charge on any atom is 0.271 e. The predicted octanol–water partition coefficient (Wildman–Crippen LogP) is 2.92. The molecule has 0 saturated carbocycles. The first-order chi connectivity index (χ1) is 10.0. The number of aromatic amines is 1. The van der Waals surface area contributed by atoms with Crippen LogP contribution >= 0.6 is 23.2 Å². The third-order valence-electron chi connectivity index (χ3n) is 3.23. The minimum absolute atomic E-state index is 0.0260. The zero-order valence-electron chi connectivity index (χ0n) is 10.8. The summed E-state index contributed by atoms with van der Waals surface area (Å²) in [7, 11) is 0. The number of nitrogens with zero attached hydrogens (tertiary/aromatic N) is 1. The van der Waals surface area contributed by atoms with Crippen molar-refractivity contribution in [1.82, 2.24) is 9.88 Å². The highest BCUT2D eigenvalue weighted by atomic mass is 35.5. The Morgan fingerprint density at radius 2 is 1.95 bits per heavy atom. The summed E-state index contributed by atoms with van der Waals surface area (Å²) in [5, 5.41) is 3.27. The van der Waals surface area contributed by atoms with E-state index < -0.39 is 0 Å². The van der Waals surface area contributed by atoms with Crippen LogP contribution in [0.15, 0.2) is 30.3 Å². The van der Waals surface area contributed by atoms with E-state index in [4.69, 9.17) is 23.2 Å². The summed E-state index contributed by atoms with van der Waals surface area (Å²) in [6, 6.07) is 8.84. The zero-order chi connectivity index (χ0) is 15.0. The number of carbonyl (C=O) groups is 2. The Bertz CT molecular complexity index is 707. The molecule has 0 aliphatic carbocycles. The molecule has 3 rings (SSSR count). The van der Waals surface area contributed by atoms with E-state index in [2.05, 4.69) is 10.3 Å². The van der Waals surface area contributed by atoms with Gasteiger partial charge in [0.15, 0.2) is 0 Å². The van der Waals surface area contributed by atoms with E-state index >= 15 is 0 Å². The highest BCUT2D eigenvalue weighted by Gasteiger charge is 2.25. The number of rotatable bonds is 1. The lowest BCUT2D eigenvalue weighted by atomic mass is 10.1. The van der Waals surface area contributed by atoms with Crippen molar-refractivity contribution in [3.63, 3.8) is 0 Å². The summed E-state index contributed by atoms with van der Waals surface area (Å²) >= 11 is 11.7. The summed E-state index contributed by atoms with van der Waals surface area (Å²) in [6.07, 6.45) is 0. The molecule has 21 heavy (non-hydrogen) atoms. The monoisotopic (exact) mass is 323 g/mol. The lowest BCUT2D eigenvalue weighted by Gasteiger charge is -2.18. The van der Waals surface area contributed by atoms with Crippen LogP contribution in [0.3, 0.4) is 0 Å². The first-order valence-electron chi connectivity index (χ1n) is 6.25. The average molecular weight is 324 g/mol. The molecule has 2 aromatic rings. The van der Waals surface area contributed by atoms with Gasteiger partial charge < -0.3 is 15.2 Å². The van der Waals surface area contributed by atoms with Gasteiger partial charge in [0.05, 0.1) is 5.02 Å². The van der Waals surface area contributed by atoms with Gasteiger partial charge in [0.2, 0.25) is 5.91 Å². The molecule has 0 saturated heterocycles. The maximum atomic E-state index is 12.5. The fourth-order valence-electron chi connectivity index (χ4n) is 2.24. The Labute approximate surface area is 130 Å².